The van der Waals surface area contributed by atoms with Crippen molar-refractivity contribution in [3.8, 4) is 0 Å². The number of halogens is 10. The standard InChI is InChI=1S/2C9H4Cl2I3NO2.C8H10O8/c2*1-15-7-5(13)2(8(10)16)4(12)3(6(7)14)9(11)17;1-3(9)15-5(7(11)12)6(8(13)14)16-4(2)10/h2*15H,1H3;5-6H,1-2H3,(H,11,12)(H,13,14). The van der Waals surface area contributed by atoms with Crippen LogP contribution < -0.4 is 10.6 Å². The molecule has 4 N–H and O–H groups in total. The number of benzene rings is 2. The number of anilines is 2. The minimum absolute atomic E-state index is 0.307. The van der Waals surface area contributed by atoms with Crippen LogP contribution in [0.3, 0.4) is 0 Å². The lowest BCUT2D eigenvalue weighted by Crippen LogP contribution is -2.45. The van der Waals surface area contributed by atoms with Crippen LogP contribution in [0.2, 0.25) is 0 Å². The van der Waals surface area contributed by atoms with Crippen molar-refractivity contribution in [2.75, 3.05) is 24.7 Å². The van der Waals surface area contributed by atoms with Gasteiger partial charge in [0.25, 0.3) is 21.0 Å². The Kier molecular flexibility index (Phi) is 23.2. The number of hydrogen-bond donors (Lipinski definition) is 4. The molecule has 0 amide bonds. The number of ether oxygens (including phenoxy) is 2. The number of rotatable bonds is 11. The number of aliphatic carboxylic acids is 2. The van der Waals surface area contributed by atoms with Crippen molar-refractivity contribution in [3.63, 3.8) is 0 Å². The Morgan fingerprint density at radius 3 is 0.820 bits per heavy atom. The van der Waals surface area contributed by atoms with E-state index in [-0.39, 0.29) is 0 Å². The molecule has 2 aromatic rings. The van der Waals surface area contributed by atoms with Crippen molar-refractivity contribution in [3.05, 3.63) is 43.7 Å². The van der Waals surface area contributed by atoms with Gasteiger partial charge in [0.2, 0.25) is 12.2 Å². The predicted octanol–water partition coefficient (Wildman–Crippen LogP) is 7.62. The van der Waals surface area contributed by atoms with Crippen molar-refractivity contribution in [2.45, 2.75) is 26.1 Å². The second-order valence-electron chi connectivity index (χ2n) is 8.47. The number of hydrogen-bond acceptors (Lipinski definition) is 12. The predicted molar refractivity (Wildman–Crippen MR) is 235 cm³/mol. The summed E-state index contributed by atoms with van der Waals surface area (Å²) in [4.78, 5) is 88.0. The third-order valence-corrected chi connectivity index (χ3v) is 12.5. The van der Waals surface area contributed by atoms with Gasteiger partial charge in [-0.05, 0) is 182 Å². The molecule has 0 bridgehead atoms. The van der Waals surface area contributed by atoms with Crippen LogP contribution in [0, 0.1) is 21.4 Å². The fourth-order valence-electron chi connectivity index (χ4n) is 3.30. The van der Waals surface area contributed by atoms with Crippen molar-refractivity contribution in [1.29, 1.82) is 0 Å². The lowest BCUT2D eigenvalue weighted by atomic mass is 10.1. The number of carboxylic acids is 2. The van der Waals surface area contributed by atoms with E-state index < -0.39 is 57.1 Å². The maximum atomic E-state index is 11.4. The molecule has 24 heteroatoms. The molecule has 0 heterocycles. The second-order valence-corrected chi connectivity index (χ2v) is 16.3. The van der Waals surface area contributed by atoms with Gasteiger partial charge in [0.05, 0.1) is 47.9 Å². The molecule has 2 rings (SSSR count). The fraction of sp³-hybridized carbons (Fsp3) is 0.231. The number of carboxylic acid groups (broad SMARTS) is 2. The molecule has 0 aliphatic carbocycles. The van der Waals surface area contributed by atoms with Crippen LogP contribution in [-0.4, -0.2) is 81.4 Å². The summed E-state index contributed by atoms with van der Waals surface area (Å²) in [7, 11) is 3.41. The largest absolute Gasteiger partial charge is 0.478 e. The minimum Gasteiger partial charge on any atom is -0.478 e. The molecule has 0 aliphatic heterocycles. The highest BCUT2D eigenvalue weighted by Gasteiger charge is 2.39. The topological polar surface area (TPSA) is 220 Å². The molecular weight excluding hydrogens is 1440 g/mol. The van der Waals surface area contributed by atoms with Crippen LogP contribution >= 0.6 is 182 Å². The second kappa shape index (κ2) is 23.1. The summed E-state index contributed by atoms with van der Waals surface area (Å²) in [6.45, 7) is 1.81. The molecule has 0 radical (unpaired) electrons. The zero-order valence-corrected chi connectivity index (χ0v) is 40.9. The monoisotopic (exact) mass is 1450 g/mol. The van der Waals surface area contributed by atoms with Gasteiger partial charge < -0.3 is 30.3 Å². The molecule has 0 fully saturated rings. The molecule has 50 heavy (non-hydrogen) atoms. The molecule has 0 saturated carbocycles. The third-order valence-electron chi connectivity index (χ3n) is 5.27. The molecule has 14 nitrogen and oxygen atoms in total. The molecule has 2 atom stereocenters. The average Bonchev–Trinajstić information content (AvgIpc) is 2.94. The van der Waals surface area contributed by atoms with E-state index >= 15 is 0 Å². The van der Waals surface area contributed by atoms with E-state index in [9.17, 15) is 38.4 Å². The van der Waals surface area contributed by atoms with E-state index in [1.807, 2.05) is 136 Å². The van der Waals surface area contributed by atoms with Gasteiger partial charge in [-0.25, -0.2) is 9.59 Å². The molecule has 0 spiro atoms. The van der Waals surface area contributed by atoms with Crippen LogP contribution in [0.15, 0.2) is 0 Å². The summed E-state index contributed by atoms with van der Waals surface area (Å²) in [5.41, 5.74) is 2.59. The van der Waals surface area contributed by atoms with Crippen LogP contribution in [0.25, 0.3) is 0 Å². The smallest absolute Gasteiger partial charge is 0.349 e. The number of carbonyl (C=O) groups excluding carboxylic acids is 6. The Labute approximate surface area is 385 Å². The van der Waals surface area contributed by atoms with E-state index in [0.717, 1.165) is 13.8 Å². The van der Waals surface area contributed by atoms with Crippen molar-refractivity contribution >= 4 is 238 Å². The quantitative estimate of drug-likeness (QED) is 0.0967. The van der Waals surface area contributed by atoms with Gasteiger partial charge in [0.1, 0.15) is 0 Å². The normalized spacial score (nSPS) is 11.2. The van der Waals surface area contributed by atoms with Crippen molar-refractivity contribution in [1.82, 2.24) is 0 Å². The fourth-order valence-corrected chi connectivity index (χ4v) is 14.7. The highest BCUT2D eigenvalue weighted by atomic mass is 127. The first-order valence-electron chi connectivity index (χ1n) is 12.3. The van der Waals surface area contributed by atoms with Gasteiger partial charge in [-0.15, -0.1) is 0 Å². The molecule has 0 aliphatic rings. The van der Waals surface area contributed by atoms with Gasteiger partial charge in [0, 0.05) is 35.1 Å². The number of esters is 2. The molecule has 0 saturated heterocycles. The van der Waals surface area contributed by atoms with Gasteiger partial charge >= 0.3 is 23.9 Å². The highest BCUT2D eigenvalue weighted by Crippen LogP contribution is 2.38. The molecular formula is C26H18Cl4I6N2O12. The van der Waals surface area contributed by atoms with E-state index in [4.69, 9.17) is 56.6 Å². The molecule has 2 aromatic carbocycles. The van der Waals surface area contributed by atoms with E-state index in [2.05, 4.69) is 20.1 Å². The number of nitrogens with one attached hydrogen (secondary N) is 2. The van der Waals surface area contributed by atoms with Gasteiger partial charge in [-0.3, -0.25) is 28.8 Å². The Morgan fingerprint density at radius 1 is 0.500 bits per heavy atom. The zero-order chi connectivity index (χ0) is 39.5. The van der Waals surface area contributed by atoms with Gasteiger partial charge in [-0.1, -0.05) is 0 Å². The maximum Gasteiger partial charge on any atom is 0.349 e. The summed E-state index contributed by atoms with van der Waals surface area (Å²) in [5.74, 6) is -5.43. The summed E-state index contributed by atoms with van der Waals surface area (Å²) < 4.78 is 12.2. The SMILES string of the molecule is CC(=O)OC(C(=O)O)C(OC(C)=O)C(=O)O.CNc1c(I)c(C(=O)Cl)c(I)c(C(=O)Cl)c1I.CNc1c(I)c(C(=O)Cl)c(I)c(C(=O)Cl)c1I. The molecule has 2 unspecified atom stereocenters. The maximum absolute atomic E-state index is 11.4. The summed E-state index contributed by atoms with van der Waals surface area (Å²) in [5, 5.41) is 20.7. The van der Waals surface area contributed by atoms with Gasteiger partial charge in [-0.2, -0.15) is 0 Å². The summed E-state index contributed by atoms with van der Waals surface area (Å²) >= 11 is 34.0. The molecule has 274 valence electrons. The molecule has 0 aromatic heterocycles. The van der Waals surface area contributed by atoms with E-state index in [1.165, 1.54) is 0 Å². The zero-order valence-electron chi connectivity index (χ0n) is 24.9. The highest BCUT2D eigenvalue weighted by molar-refractivity contribution is 14.1. The van der Waals surface area contributed by atoms with Crippen LogP contribution in [0.1, 0.15) is 55.3 Å². The lowest BCUT2D eigenvalue weighted by Gasteiger charge is -2.19. The third kappa shape index (κ3) is 13.8. The van der Waals surface area contributed by atoms with Crippen LogP contribution in [0.4, 0.5) is 11.4 Å². The average molecular weight is 1450 g/mol. The van der Waals surface area contributed by atoms with E-state index in [1.54, 1.807) is 14.1 Å². The first-order valence-corrected chi connectivity index (χ1v) is 20.2. The van der Waals surface area contributed by atoms with Crippen molar-refractivity contribution in [2.24, 2.45) is 0 Å². The summed E-state index contributed by atoms with van der Waals surface area (Å²) in [6.07, 6.45) is -4.14. The van der Waals surface area contributed by atoms with E-state index in [0.29, 0.717) is 55.0 Å². The van der Waals surface area contributed by atoms with Crippen LogP contribution in [-0.2, 0) is 28.7 Å². The van der Waals surface area contributed by atoms with Gasteiger partial charge in [0.15, 0.2) is 0 Å². The lowest BCUT2D eigenvalue weighted by molar-refractivity contribution is -0.185. The first kappa shape index (κ1) is 50.1. The van der Waals surface area contributed by atoms with Crippen molar-refractivity contribution < 1.29 is 58.0 Å². The Balaban J connectivity index is 0.000000721. The Hall–Kier alpha value is 0.140. The number of carbonyl (C=O) groups is 8. The Morgan fingerprint density at radius 2 is 0.700 bits per heavy atom. The summed E-state index contributed by atoms with van der Waals surface area (Å²) in [6, 6.07) is 0. The minimum atomic E-state index is -2.07. The first-order chi connectivity index (χ1) is 22.9. The van der Waals surface area contributed by atoms with Crippen LogP contribution in [0.5, 0.6) is 0 Å². The Bertz CT molecular complexity index is 1560.